The molecule has 6 heteroatoms. The molecule has 1 atom stereocenters. The lowest BCUT2D eigenvalue weighted by Gasteiger charge is -2.24. The highest BCUT2D eigenvalue weighted by molar-refractivity contribution is 5.89. The predicted molar refractivity (Wildman–Crippen MR) is 67.3 cm³/mol. The first-order chi connectivity index (χ1) is 8.94. The molecule has 1 heterocycles. The van der Waals surface area contributed by atoms with E-state index in [2.05, 4.69) is 5.32 Å². The van der Waals surface area contributed by atoms with E-state index in [4.69, 9.17) is 0 Å². The number of nitrogens with zero attached hydrogens (tertiary/aromatic N) is 1. The molecule has 2 amide bonds. The molecule has 1 unspecified atom stereocenters. The van der Waals surface area contributed by atoms with E-state index >= 15 is 0 Å². The molecule has 0 aromatic carbocycles. The molecular formula is C13H20N2O4. The Labute approximate surface area is 112 Å². The number of carboxylic acid groups (broad SMARTS) is 1. The van der Waals surface area contributed by atoms with Crippen molar-refractivity contribution in [3.05, 3.63) is 0 Å². The van der Waals surface area contributed by atoms with Crippen molar-refractivity contribution in [3.8, 4) is 0 Å². The minimum Gasteiger partial charge on any atom is -0.481 e. The predicted octanol–water partition coefficient (Wildman–Crippen LogP) is 0.226. The fourth-order valence-corrected chi connectivity index (χ4v) is 2.96. The summed E-state index contributed by atoms with van der Waals surface area (Å²) in [7, 11) is 1.67. The van der Waals surface area contributed by atoms with Gasteiger partial charge in [-0.05, 0) is 12.8 Å². The molecule has 0 radical (unpaired) electrons. The Morgan fingerprint density at radius 1 is 1.42 bits per heavy atom. The zero-order valence-corrected chi connectivity index (χ0v) is 11.1. The van der Waals surface area contributed by atoms with Crippen LogP contribution < -0.4 is 5.32 Å². The summed E-state index contributed by atoms with van der Waals surface area (Å²) < 4.78 is 0. The number of hydrogen-bond donors (Lipinski definition) is 2. The maximum Gasteiger partial charge on any atom is 0.311 e. The van der Waals surface area contributed by atoms with E-state index < -0.39 is 11.4 Å². The van der Waals surface area contributed by atoms with Crippen molar-refractivity contribution in [2.75, 3.05) is 20.1 Å². The zero-order chi connectivity index (χ0) is 14.0. The molecule has 1 aliphatic carbocycles. The van der Waals surface area contributed by atoms with Crippen LogP contribution in [-0.4, -0.2) is 47.9 Å². The largest absolute Gasteiger partial charge is 0.481 e. The number of amides is 2. The summed E-state index contributed by atoms with van der Waals surface area (Å²) in [6, 6.07) is 0. The van der Waals surface area contributed by atoms with Crippen LogP contribution in [0.4, 0.5) is 0 Å². The second kappa shape index (κ2) is 5.19. The second-order valence-corrected chi connectivity index (χ2v) is 5.69. The smallest absolute Gasteiger partial charge is 0.311 e. The summed E-state index contributed by atoms with van der Waals surface area (Å²) in [6.07, 6.45) is 3.25. The third-order valence-electron chi connectivity index (χ3n) is 4.33. The third-order valence-corrected chi connectivity index (χ3v) is 4.33. The van der Waals surface area contributed by atoms with E-state index in [0.29, 0.717) is 19.4 Å². The lowest BCUT2D eigenvalue weighted by atomic mass is 9.86. The Morgan fingerprint density at radius 2 is 2.05 bits per heavy atom. The minimum absolute atomic E-state index is 0.0334. The number of carbonyl (C=O) groups excluding carboxylic acids is 2. The molecule has 0 spiro atoms. The molecule has 2 fully saturated rings. The highest BCUT2D eigenvalue weighted by Gasteiger charge is 2.42. The van der Waals surface area contributed by atoms with Gasteiger partial charge in [-0.25, -0.2) is 0 Å². The number of nitrogens with one attached hydrogen (secondary N) is 1. The molecule has 19 heavy (non-hydrogen) atoms. The molecule has 0 aromatic rings. The van der Waals surface area contributed by atoms with Gasteiger partial charge in [0.25, 0.3) is 0 Å². The molecule has 0 aromatic heterocycles. The van der Waals surface area contributed by atoms with Crippen LogP contribution in [0, 0.1) is 11.3 Å². The average molecular weight is 268 g/mol. The first kappa shape index (κ1) is 13.8. The summed E-state index contributed by atoms with van der Waals surface area (Å²) in [4.78, 5) is 36.2. The van der Waals surface area contributed by atoms with Crippen LogP contribution in [0.2, 0.25) is 0 Å². The van der Waals surface area contributed by atoms with Crippen LogP contribution in [0.5, 0.6) is 0 Å². The van der Waals surface area contributed by atoms with Gasteiger partial charge in [-0.3, -0.25) is 14.4 Å². The van der Waals surface area contributed by atoms with E-state index in [-0.39, 0.29) is 30.7 Å². The van der Waals surface area contributed by atoms with Crippen molar-refractivity contribution in [3.63, 3.8) is 0 Å². The summed E-state index contributed by atoms with van der Waals surface area (Å²) in [5.41, 5.74) is -0.801. The Kier molecular flexibility index (Phi) is 3.78. The standard InChI is InChI=1S/C13H20N2O4/c1-15-7-9(6-10(15)16)11(17)14-8-13(12(18)19)4-2-3-5-13/h9H,2-8H2,1H3,(H,14,17)(H,18,19). The van der Waals surface area contributed by atoms with Crippen LogP contribution >= 0.6 is 0 Å². The Hall–Kier alpha value is -1.59. The summed E-state index contributed by atoms with van der Waals surface area (Å²) in [6.45, 7) is 0.598. The van der Waals surface area contributed by atoms with Gasteiger partial charge in [-0.1, -0.05) is 12.8 Å². The molecular weight excluding hydrogens is 248 g/mol. The van der Waals surface area contributed by atoms with Crippen LogP contribution in [0.25, 0.3) is 0 Å². The van der Waals surface area contributed by atoms with Gasteiger partial charge >= 0.3 is 5.97 Å². The van der Waals surface area contributed by atoms with Crippen LogP contribution in [0.3, 0.4) is 0 Å². The van der Waals surface area contributed by atoms with Gasteiger partial charge in [-0.15, -0.1) is 0 Å². The van der Waals surface area contributed by atoms with Gasteiger partial charge in [0.1, 0.15) is 0 Å². The highest BCUT2D eigenvalue weighted by Crippen LogP contribution is 2.37. The summed E-state index contributed by atoms with van der Waals surface area (Å²) in [5, 5.41) is 12.0. The maximum absolute atomic E-state index is 12.0. The van der Waals surface area contributed by atoms with Gasteiger partial charge in [0, 0.05) is 26.6 Å². The molecule has 0 bridgehead atoms. The third kappa shape index (κ3) is 2.72. The first-order valence-corrected chi connectivity index (χ1v) is 6.70. The van der Waals surface area contributed by atoms with Crippen LogP contribution in [0.15, 0.2) is 0 Å². The molecule has 6 nitrogen and oxygen atoms in total. The average Bonchev–Trinajstić information content (AvgIpc) is 2.95. The number of carbonyl (C=O) groups is 3. The van der Waals surface area contributed by atoms with Crippen molar-refractivity contribution in [2.45, 2.75) is 32.1 Å². The normalized spacial score (nSPS) is 25.6. The Morgan fingerprint density at radius 3 is 2.53 bits per heavy atom. The van der Waals surface area contributed by atoms with Gasteiger partial charge in [-0.2, -0.15) is 0 Å². The fourth-order valence-electron chi connectivity index (χ4n) is 2.96. The monoisotopic (exact) mass is 268 g/mol. The summed E-state index contributed by atoms with van der Waals surface area (Å²) in [5.74, 6) is -1.41. The second-order valence-electron chi connectivity index (χ2n) is 5.69. The number of carboxylic acids is 1. The van der Waals surface area contributed by atoms with Crippen LogP contribution in [-0.2, 0) is 14.4 Å². The quantitative estimate of drug-likeness (QED) is 0.764. The topological polar surface area (TPSA) is 86.7 Å². The minimum atomic E-state index is -0.829. The van der Waals surface area contributed by atoms with Crippen molar-refractivity contribution < 1.29 is 19.5 Å². The molecule has 2 N–H and O–H groups in total. The SMILES string of the molecule is CN1CC(C(=O)NCC2(C(=O)O)CCCC2)CC1=O. The number of rotatable bonds is 4. The zero-order valence-electron chi connectivity index (χ0n) is 11.1. The molecule has 1 aliphatic heterocycles. The first-order valence-electron chi connectivity index (χ1n) is 6.70. The fraction of sp³-hybridized carbons (Fsp3) is 0.769. The lowest BCUT2D eigenvalue weighted by molar-refractivity contribution is -0.148. The number of aliphatic carboxylic acids is 1. The molecule has 106 valence electrons. The Balaban J connectivity index is 1.89. The summed E-state index contributed by atoms with van der Waals surface area (Å²) >= 11 is 0. The highest BCUT2D eigenvalue weighted by atomic mass is 16.4. The van der Waals surface area contributed by atoms with Gasteiger partial charge < -0.3 is 15.3 Å². The maximum atomic E-state index is 12.0. The molecule has 1 saturated heterocycles. The number of hydrogen-bond acceptors (Lipinski definition) is 3. The number of likely N-dealkylation sites (tertiary alicyclic amines) is 1. The molecule has 2 aliphatic rings. The van der Waals surface area contributed by atoms with E-state index in [1.807, 2.05) is 0 Å². The van der Waals surface area contributed by atoms with E-state index in [9.17, 15) is 19.5 Å². The van der Waals surface area contributed by atoms with E-state index in [0.717, 1.165) is 12.8 Å². The lowest BCUT2D eigenvalue weighted by Crippen LogP contribution is -2.43. The van der Waals surface area contributed by atoms with Gasteiger partial charge in [0.2, 0.25) is 11.8 Å². The van der Waals surface area contributed by atoms with E-state index in [1.165, 1.54) is 4.90 Å². The van der Waals surface area contributed by atoms with Crippen molar-refractivity contribution in [1.29, 1.82) is 0 Å². The molecule has 1 saturated carbocycles. The van der Waals surface area contributed by atoms with Crippen molar-refractivity contribution >= 4 is 17.8 Å². The molecule has 2 rings (SSSR count). The van der Waals surface area contributed by atoms with E-state index in [1.54, 1.807) is 7.05 Å². The van der Waals surface area contributed by atoms with Crippen molar-refractivity contribution in [1.82, 2.24) is 10.2 Å². The van der Waals surface area contributed by atoms with Crippen molar-refractivity contribution in [2.24, 2.45) is 11.3 Å². The Bertz CT molecular complexity index is 401. The van der Waals surface area contributed by atoms with Crippen LogP contribution in [0.1, 0.15) is 32.1 Å². The van der Waals surface area contributed by atoms with Gasteiger partial charge in [0.05, 0.1) is 11.3 Å². The van der Waals surface area contributed by atoms with Gasteiger partial charge in [0.15, 0.2) is 0 Å².